The van der Waals surface area contributed by atoms with Crippen molar-refractivity contribution < 1.29 is 14.6 Å². The zero-order valence-corrected chi connectivity index (χ0v) is 10.3. The van der Waals surface area contributed by atoms with E-state index in [0.717, 1.165) is 25.7 Å². The van der Waals surface area contributed by atoms with E-state index in [4.69, 9.17) is 4.74 Å². The van der Waals surface area contributed by atoms with E-state index in [0.29, 0.717) is 12.8 Å². The zero-order valence-electron chi connectivity index (χ0n) is 10.3. The molecule has 0 bridgehead atoms. The third-order valence-corrected chi connectivity index (χ3v) is 3.50. The van der Waals surface area contributed by atoms with Crippen LogP contribution in [0.1, 0.15) is 64.2 Å². The second-order valence-electron chi connectivity index (χ2n) is 4.85. The molecule has 16 heavy (non-hydrogen) atoms. The highest BCUT2D eigenvalue weighted by atomic mass is 16.5. The summed E-state index contributed by atoms with van der Waals surface area (Å²) in [4.78, 5) is 11.6. The number of hydrogen-bond acceptors (Lipinski definition) is 3. The first-order valence-electron chi connectivity index (χ1n) is 6.50. The number of methoxy groups -OCH3 is 1. The largest absolute Gasteiger partial charge is 0.467 e. The number of carbonyl (C=O) groups excluding carboxylic acids is 1. The minimum Gasteiger partial charge on any atom is -0.467 e. The number of carbonyl (C=O) groups is 1. The van der Waals surface area contributed by atoms with Crippen molar-refractivity contribution in [2.24, 2.45) is 0 Å². The normalized spacial score (nSPS) is 23.1. The lowest BCUT2D eigenvalue weighted by Gasteiger charge is -2.25. The van der Waals surface area contributed by atoms with Gasteiger partial charge in [-0.1, -0.05) is 38.5 Å². The van der Waals surface area contributed by atoms with Gasteiger partial charge < -0.3 is 9.84 Å². The van der Waals surface area contributed by atoms with Crippen LogP contribution in [-0.2, 0) is 9.53 Å². The van der Waals surface area contributed by atoms with Gasteiger partial charge in [0.05, 0.1) is 7.11 Å². The maximum atomic E-state index is 11.6. The standard InChI is InChI=1S/C13H24O3/c1-16-12(14)13(15)10-8-6-4-2-3-5-7-9-11-13/h15H,2-11H2,1H3. The number of rotatable bonds is 1. The summed E-state index contributed by atoms with van der Waals surface area (Å²) in [5.74, 6) is -0.452. The van der Waals surface area contributed by atoms with Crippen LogP contribution in [0.4, 0.5) is 0 Å². The monoisotopic (exact) mass is 228 g/mol. The molecule has 1 aliphatic rings. The first-order chi connectivity index (χ1) is 7.69. The number of esters is 1. The summed E-state index contributed by atoms with van der Waals surface area (Å²) in [6.45, 7) is 0. The van der Waals surface area contributed by atoms with Gasteiger partial charge in [0.1, 0.15) is 0 Å². The van der Waals surface area contributed by atoms with Crippen LogP contribution in [0.25, 0.3) is 0 Å². The van der Waals surface area contributed by atoms with Crippen LogP contribution in [0.3, 0.4) is 0 Å². The fourth-order valence-electron chi connectivity index (χ4n) is 2.41. The Morgan fingerprint density at radius 3 is 1.69 bits per heavy atom. The third-order valence-electron chi connectivity index (χ3n) is 3.50. The number of aliphatic hydroxyl groups is 1. The molecule has 0 aromatic heterocycles. The quantitative estimate of drug-likeness (QED) is 0.702. The second-order valence-corrected chi connectivity index (χ2v) is 4.85. The number of hydrogen-bond donors (Lipinski definition) is 1. The molecule has 0 radical (unpaired) electrons. The Morgan fingerprint density at radius 2 is 1.31 bits per heavy atom. The first-order valence-corrected chi connectivity index (χ1v) is 6.50. The molecule has 1 rings (SSSR count). The molecule has 0 amide bonds. The fraction of sp³-hybridized carbons (Fsp3) is 0.923. The van der Waals surface area contributed by atoms with Crippen LogP contribution in [0, 0.1) is 0 Å². The van der Waals surface area contributed by atoms with E-state index in [1.54, 1.807) is 0 Å². The van der Waals surface area contributed by atoms with Gasteiger partial charge in [-0.3, -0.25) is 0 Å². The van der Waals surface area contributed by atoms with Crippen LogP contribution < -0.4 is 0 Å². The fourth-order valence-corrected chi connectivity index (χ4v) is 2.41. The van der Waals surface area contributed by atoms with Crippen molar-refractivity contribution in [3.05, 3.63) is 0 Å². The third kappa shape index (κ3) is 4.12. The van der Waals surface area contributed by atoms with E-state index < -0.39 is 11.6 Å². The van der Waals surface area contributed by atoms with Gasteiger partial charge in [-0.2, -0.15) is 0 Å². The van der Waals surface area contributed by atoms with Gasteiger partial charge in [0, 0.05) is 0 Å². The lowest BCUT2D eigenvalue weighted by Crippen LogP contribution is -2.39. The van der Waals surface area contributed by atoms with Gasteiger partial charge in [0.25, 0.3) is 0 Å². The summed E-state index contributed by atoms with van der Waals surface area (Å²) in [5.41, 5.74) is -1.22. The Labute approximate surface area is 98.2 Å². The van der Waals surface area contributed by atoms with E-state index >= 15 is 0 Å². The van der Waals surface area contributed by atoms with Crippen molar-refractivity contribution >= 4 is 5.97 Å². The van der Waals surface area contributed by atoms with Crippen LogP contribution in [0.2, 0.25) is 0 Å². The smallest absolute Gasteiger partial charge is 0.337 e. The maximum Gasteiger partial charge on any atom is 0.337 e. The molecule has 0 saturated heterocycles. The summed E-state index contributed by atoms with van der Waals surface area (Å²) < 4.78 is 4.70. The van der Waals surface area contributed by atoms with Crippen LogP contribution in [0.5, 0.6) is 0 Å². The SMILES string of the molecule is COC(=O)C1(O)CCCCCCCCCC1. The maximum absolute atomic E-state index is 11.6. The summed E-state index contributed by atoms with van der Waals surface area (Å²) in [7, 11) is 1.35. The molecule has 1 saturated carbocycles. The van der Waals surface area contributed by atoms with Crippen molar-refractivity contribution in [3.63, 3.8) is 0 Å². The van der Waals surface area contributed by atoms with E-state index in [1.807, 2.05) is 0 Å². The Balaban J connectivity index is 2.53. The van der Waals surface area contributed by atoms with Gasteiger partial charge in [0.2, 0.25) is 0 Å². The van der Waals surface area contributed by atoms with E-state index in [-0.39, 0.29) is 0 Å². The lowest BCUT2D eigenvalue weighted by molar-refractivity contribution is -0.164. The molecule has 3 nitrogen and oxygen atoms in total. The predicted molar refractivity (Wildman–Crippen MR) is 63.1 cm³/mol. The van der Waals surface area contributed by atoms with Gasteiger partial charge in [-0.05, 0) is 25.7 Å². The summed E-state index contributed by atoms with van der Waals surface area (Å²) in [5, 5.41) is 10.3. The molecule has 1 aliphatic carbocycles. The Morgan fingerprint density at radius 1 is 0.938 bits per heavy atom. The zero-order chi connectivity index (χ0) is 11.9. The highest BCUT2D eigenvalue weighted by molar-refractivity contribution is 5.79. The van der Waals surface area contributed by atoms with E-state index in [9.17, 15) is 9.90 Å². The molecule has 94 valence electrons. The van der Waals surface area contributed by atoms with Crippen molar-refractivity contribution in [2.45, 2.75) is 69.8 Å². The molecule has 1 N–H and O–H groups in total. The lowest BCUT2D eigenvalue weighted by atomic mass is 9.90. The minimum atomic E-state index is -1.22. The Hall–Kier alpha value is -0.570. The summed E-state index contributed by atoms with van der Waals surface area (Å²) in [6, 6.07) is 0. The topological polar surface area (TPSA) is 46.5 Å². The molecule has 3 heteroatoms. The number of ether oxygens (including phenoxy) is 1. The molecule has 0 heterocycles. The van der Waals surface area contributed by atoms with Gasteiger partial charge >= 0.3 is 5.97 Å². The van der Waals surface area contributed by atoms with Crippen LogP contribution >= 0.6 is 0 Å². The average molecular weight is 228 g/mol. The summed E-state index contributed by atoms with van der Waals surface area (Å²) >= 11 is 0. The van der Waals surface area contributed by atoms with Crippen molar-refractivity contribution in [3.8, 4) is 0 Å². The van der Waals surface area contributed by atoms with Crippen molar-refractivity contribution in [1.82, 2.24) is 0 Å². The Bertz CT molecular complexity index is 201. The predicted octanol–water partition coefficient (Wildman–Crippen LogP) is 2.81. The Kier molecular flexibility index (Phi) is 5.81. The average Bonchev–Trinajstić information content (AvgIpc) is 2.34. The molecule has 0 aliphatic heterocycles. The highest BCUT2D eigenvalue weighted by Crippen LogP contribution is 2.25. The first kappa shape index (κ1) is 13.5. The van der Waals surface area contributed by atoms with Crippen LogP contribution in [-0.4, -0.2) is 23.8 Å². The van der Waals surface area contributed by atoms with Crippen LogP contribution in [0.15, 0.2) is 0 Å². The van der Waals surface area contributed by atoms with Crippen molar-refractivity contribution in [2.75, 3.05) is 7.11 Å². The van der Waals surface area contributed by atoms with Gasteiger partial charge in [-0.15, -0.1) is 0 Å². The molecular formula is C13H24O3. The molecule has 0 aromatic carbocycles. The summed E-state index contributed by atoms with van der Waals surface area (Å²) in [6.07, 6.45) is 10.2. The van der Waals surface area contributed by atoms with E-state index in [1.165, 1.54) is 32.8 Å². The second kappa shape index (κ2) is 6.89. The highest BCUT2D eigenvalue weighted by Gasteiger charge is 2.35. The van der Waals surface area contributed by atoms with E-state index in [2.05, 4.69) is 0 Å². The van der Waals surface area contributed by atoms with Gasteiger partial charge in [0.15, 0.2) is 5.60 Å². The molecule has 0 atom stereocenters. The molecule has 0 spiro atoms. The molecule has 1 fully saturated rings. The van der Waals surface area contributed by atoms with Crippen molar-refractivity contribution in [1.29, 1.82) is 0 Å². The van der Waals surface area contributed by atoms with Gasteiger partial charge in [-0.25, -0.2) is 4.79 Å². The minimum absolute atomic E-state index is 0.452. The molecule has 0 unspecified atom stereocenters. The molecular weight excluding hydrogens is 204 g/mol. The molecule has 0 aromatic rings.